The van der Waals surface area contributed by atoms with Gasteiger partial charge in [-0.25, -0.2) is 0 Å². The SMILES string of the molecule is CC[C@@H](C)CC[C@@H](C)[C@H]1CC[C@H]2[C@@H]3CC=C4C[C@@](C)(O)CC[C@]4(C)[C@H]3CC[C@]12C. The number of hydrogen-bond donors (Lipinski definition) is 1. The molecule has 4 aliphatic carbocycles. The lowest BCUT2D eigenvalue weighted by Gasteiger charge is -2.59. The van der Waals surface area contributed by atoms with E-state index in [0.717, 1.165) is 48.3 Å². The fourth-order valence-corrected chi connectivity index (χ4v) is 8.73. The Hall–Kier alpha value is -0.300. The highest BCUT2D eigenvalue weighted by Crippen LogP contribution is 2.67. The minimum atomic E-state index is -0.467. The van der Waals surface area contributed by atoms with Gasteiger partial charge in [0.25, 0.3) is 0 Å². The molecular formula is C28H48O. The van der Waals surface area contributed by atoms with Crippen molar-refractivity contribution in [3.8, 4) is 0 Å². The smallest absolute Gasteiger partial charge is 0.0657 e. The molecule has 0 spiro atoms. The Morgan fingerprint density at radius 2 is 1.76 bits per heavy atom. The normalized spacial score (nSPS) is 48.9. The van der Waals surface area contributed by atoms with Gasteiger partial charge in [-0.05, 0) is 105 Å². The van der Waals surface area contributed by atoms with Gasteiger partial charge in [-0.3, -0.25) is 0 Å². The van der Waals surface area contributed by atoms with Gasteiger partial charge in [0.2, 0.25) is 0 Å². The molecule has 29 heavy (non-hydrogen) atoms. The first-order valence-corrected chi connectivity index (χ1v) is 13.0. The van der Waals surface area contributed by atoms with E-state index in [0.29, 0.717) is 10.8 Å². The van der Waals surface area contributed by atoms with Crippen LogP contribution in [-0.2, 0) is 0 Å². The summed E-state index contributed by atoms with van der Waals surface area (Å²) in [7, 11) is 0. The quantitative estimate of drug-likeness (QED) is 0.467. The monoisotopic (exact) mass is 400 g/mol. The van der Waals surface area contributed by atoms with E-state index < -0.39 is 5.60 Å². The summed E-state index contributed by atoms with van der Waals surface area (Å²) in [5, 5.41) is 10.7. The molecule has 3 fully saturated rings. The van der Waals surface area contributed by atoms with Crippen LogP contribution < -0.4 is 0 Å². The largest absolute Gasteiger partial charge is 0.390 e. The predicted molar refractivity (Wildman–Crippen MR) is 124 cm³/mol. The zero-order chi connectivity index (χ0) is 21.0. The van der Waals surface area contributed by atoms with Gasteiger partial charge in [0.05, 0.1) is 5.60 Å². The van der Waals surface area contributed by atoms with E-state index in [-0.39, 0.29) is 0 Å². The topological polar surface area (TPSA) is 20.2 Å². The van der Waals surface area contributed by atoms with Crippen LogP contribution in [0.5, 0.6) is 0 Å². The second-order valence-electron chi connectivity index (χ2n) is 12.7. The average Bonchev–Trinajstić information content (AvgIpc) is 3.03. The molecule has 0 amide bonds. The van der Waals surface area contributed by atoms with Crippen LogP contribution >= 0.6 is 0 Å². The first kappa shape index (κ1) is 21.9. The van der Waals surface area contributed by atoms with Gasteiger partial charge in [-0.1, -0.05) is 65.5 Å². The van der Waals surface area contributed by atoms with E-state index in [1.165, 1.54) is 57.8 Å². The Morgan fingerprint density at radius 3 is 2.48 bits per heavy atom. The summed E-state index contributed by atoms with van der Waals surface area (Å²) >= 11 is 0. The molecule has 166 valence electrons. The number of rotatable bonds is 5. The third kappa shape index (κ3) is 3.66. The Labute approximate surface area is 181 Å². The van der Waals surface area contributed by atoms with Gasteiger partial charge < -0.3 is 5.11 Å². The molecule has 0 aromatic rings. The molecule has 1 N–H and O–H groups in total. The maximum atomic E-state index is 10.7. The third-order valence-corrected chi connectivity index (χ3v) is 11.0. The van der Waals surface area contributed by atoms with Crippen molar-refractivity contribution in [1.29, 1.82) is 0 Å². The number of fused-ring (bicyclic) bond motifs is 5. The van der Waals surface area contributed by atoms with Gasteiger partial charge in [0.1, 0.15) is 0 Å². The first-order valence-electron chi connectivity index (χ1n) is 13.0. The van der Waals surface area contributed by atoms with Crippen LogP contribution in [0.2, 0.25) is 0 Å². The zero-order valence-corrected chi connectivity index (χ0v) is 20.3. The first-order chi connectivity index (χ1) is 13.6. The van der Waals surface area contributed by atoms with Crippen molar-refractivity contribution < 1.29 is 5.11 Å². The second kappa shape index (κ2) is 7.68. The lowest BCUT2D eigenvalue weighted by molar-refractivity contribution is -0.0706. The third-order valence-electron chi connectivity index (χ3n) is 11.0. The molecule has 0 aliphatic heterocycles. The highest BCUT2D eigenvalue weighted by molar-refractivity contribution is 5.26. The highest BCUT2D eigenvalue weighted by Gasteiger charge is 2.59. The highest BCUT2D eigenvalue weighted by atomic mass is 16.3. The van der Waals surface area contributed by atoms with Gasteiger partial charge in [0, 0.05) is 0 Å². The summed E-state index contributed by atoms with van der Waals surface area (Å²) in [5.41, 5.74) is 2.09. The summed E-state index contributed by atoms with van der Waals surface area (Å²) in [6.07, 6.45) is 17.0. The number of allylic oxidation sites excluding steroid dienone is 1. The maximum Gasteiger partial charge on any atom is 0.0657 e. The minimum Gasteiger partial charge on any atom is -0.390 e. The van der Waals surface area contributed by atoms with Gasteiger partial charge in [-0.2, -0.15) is 0 Å². The fourth-order valence-electron chi connectivity index (χ4n) is 8.73. The fraction of sp³-hybridized carbons (Fsp3) is 0.929. The van der Waals surface area contributed by atoms with Crippen molar-refractivity contribution >= 4 is 0 Å². The molecular weight excluding hydrogens is 352 g/mol. The van der Waals surface area contributed by atoms with Gasteiger partial charge >= 0.3 is 0 Å². The summed E-state index contributed by atoms with van der Waals surface area (Å²) < 4.78 is 0. The molecule has 3 saturated carbocycles. The van der Waals surface area contributed by atoms with Crippen LogP contribution in [0.3, 0.4) is 0 Å². The Kier molecular flexibility index (Phi) is 5.81. The molecule has 0 bridgehead atoms. The van der Waals surface area contributed by atoms with Crippen LogP contribution in [0.1, 0.15) is 112 Å². The summed E-state index contributed by atoms with van der Waals surface area (Å²) in [5.74, 6) is 5.44. The Morgan fingerprint density at radius 1 is 1.00 bits per heavy atom. The number of aliphatic hydroxyl groups is 1. The molecule has 1 nitrogen and oxygen atoms in total. The molecule has 0 radical (unpaired) electrons. The van der Waals surface area contributed by atoms with Gasteiger partial charge in [0.15, 0.2) is 0 Å². The molecule has 4 aliphatic rings. The van der Waals surface area contributed by atoms with E-state index in [1.54, 1.807) is 5.57 Å². The van der Waals surface area contributed by atoms with Gasteiger partial charge in [-0.15, -0.1) is 0 Å². The summed E-state index contributed by atoms with van der Waals surface area (Å²) in [6, 6.07) is 0. The van der Waals surface area contributed by atoms with Crippen molar-refractivity contribution in [3.63, 3.8) is 0 Å². The Balaban J connectivity index is 1.51. The van der Waals surface area contributed by atoms with E-state index in [4.69, 9.17) is 0 Å². The van der Waals surface area contributed by atoms with Crippen molar-refractivity contribution in [2.75, 3.05) is 0 Å². The van der Waals surface area contributed by atoms with E-state index >= 15 is 0 Å². The zero-order valence-electron chi connectivity index (χ0n) is 20.3. The van der Waals surface area contributed by atoms with Crippen molar-refractivity contribution in [2.45, 2.75) is 118 Å². The molecule has 0 aromatic heterocycles. The van der Waals surface area contributed by atoms with Crippen LogP contribution in [0.4, 0.5) is 0 Å². The minimum absolute atomic E-state index is 0.368. The van der Waals surface area contributed by atoms with Crippen molar-refractivity contribution in [2.24, 2.45) is 46.3 Å². The van der Waals surface area contributed by atoms with E-state index in [9.17, 15) is 5.11 Å². The molecule has 4 rings (SSSR count). The average molecular weight is 401 g/mol. The lowest BCUT2D eigenvalue weighted by atomic mass is 9.46. The molecule has 0 aromatic carbocycles. The summed E-state index contributed by atoms with van der Waals surface area (Å²) in [6.45, 7) is 14.7. The molecule has 0 unspecified atom stereocenters. The predicted octanol–water partition coefficient (Wildman–Crippen LogP) is 7.78. The summed E-state index contributed by atoms with van der Waals surface area (Å²) in [4.78, 5) is 0. The standard InChI is InChI=1S/C28H48O/c1-7-19(2)8-9-20(3)23-12-13-24-22-11-10-21-18-26(4,29)16-17-27(21,5)25(22)14-15-28(23,24)6/h10,19-20,22-25,29H,7-9,11-18H2,1-6H3/t19-,20-,22+,23-,24+,25+,26+,27+,28-/m1/s1. The van der Waals surface area contributed by atoms with Crippen molar-refractivity contribution in [1.82, 2.24) is 0 Å². The molecule has 0 saturated heterocycles. The van der Waals surface area contributed by atoms with E-state index in [1.807, 2.05) is 0 Å². The van der Waals surface area contributed by atoms with Crippen LogP contribution in [-0.4, -0.2) is 10.7 Å². The second-order valence-corrected chi connectivity index (χ2v) is 12.7. The maximum absolute atomic E-state index is 10.7. The van der Waals surface area contributed by atoms with Crippen LogP contribution in [0.25, 0.3) is 0 Å². The van der Waals surface area contributed by atoms with Crippen LogP contribution in [0, 0.1) is 46.3 Å². The molecule has 9 atom stereocenters. The lowest BCUT2D eigenvalue weighted by Crippen LogP contribution is -2.52. The van der Waals surface area contributed by atoms with Crippen molar-refractivity contribution in [3.05, 3.63) is 11.6 Å². The molecule has 1 heteroatoms. The molecule has 0 heterocycles. The van der Waals surface area contributed by atoms with Crippen LogP contribution in [0.15, 0.2) is 11.6 Å². The number of hydrogen-bond acceptors (Lipinski definition) is 1. The Bertz CT molecular complexity index is 632. The van der Waals surface area contributed by atoms with E-state index in [2.05, 4.69) is 47.6 Å².